The molecule has 13 heteroatoms. The van der Waals surface area contributed by atoms with E-state index in [-0.39, 0.29) is 23.7 Å². The van der Waals surface area contributed by atoms with Gasteiger partial charge >= 0.3 is 0 Å². The second-order valence-corrected chi connectivity index (χ2v) is 16.0. The van der Waals surface area contributed by atoms with E-state index in [0.717, 1.165) is 57.8 Å². The Balaban J connectivity index is 1.40. The summed E-state index contributed by atoms with van der Waals surface area (Å²) in [6, 6.07) is -4.43. The van der Waals surface area contributed by atoms with Crippen molar-refractivity contribution >= 4 is 35.4 Å². The number of carbonyl (C=O) groups is 6. The predicted molar refractivity (Wildman–Crippen MR) is 197 cm³/mol. The van der Waals surface area contributed by atoms with Crippen LogP contribution in [-0.4, -0.2) is 106 Å². The molecule has 52 heavy (non-hydrogen) atoms. The number of carbonyl (C=O) groups excluding carboxylic acids is 6. The molecule has 4 rings (SSSR count). The van der Waals surface area contributed by atoms with Gasteiger partial charge < -0.3 is 36.2 Å². The van der Waals surface area contributed by atoms with Crippen LogP contribution in [0.5, 0.6) is 0 Å². The van der Waals surface area contributed by atoms with E-state index in [0.29, 0.717) is 57.7 Å². The van der Waals surface area contributed by atoms with E-state index in [4.69, 9.17) is 0 Å². The van der Waals surface area contributed by atoms with Gasteiger partial charge in [-0.3, -0.25) is 28.8 Å². The van der Waals surface area contributed by atoms with Gasteiger partial charge in [-0.15, -0.1) is 0 Å². The molecule has 2 aliphatic heterocycles. The van der Waals surface area contributed by atoms with Crippen LogP contribution in [0.2, 0.25) is 0 Å². The maximum absolute atomic E-state index is 14.4. The zero-order valence-corrected chi connectivity index (χ0v) is 32.1. The first-order valence-corrected chi connectivity index (χ1v) is 20.4. The van der Waals surface area contributed by atoms with E-state index >= 15 is 0 Å². The van der Waals surface area contributed by atoms with Gasteiger partial charge in [0.05, 0.1) is 6.10 Å². The zero-order chi connectivity index (χ0) is 37.8. The summed E-state index contributed by atoms with van der Waals surface area (Å²) < 4.78 is 0. The summed E-state index contributed by atoms with van der Waals surface area (Å²) in [5.41, 5.74) is 0. The Morgan fingerprint density at radius 1 is 0.654 bits per heavy atom. The fourth-order valence-electron chi connectivity index (χ4n) is 8.83. The normalized spacial score (nSPS) is 24.6. The Labute approximate surface area is 310 Å². The lowest BCUT2D eigenvalue weighted by molar-refractivity contribution is -0.148. The van der Waals surface area contributed by atoms with Gasteiger partial charge in [-0.1, -0.05) is 65.2 Å². The number of hydrogen-bond acceptors (Lipinski definition) is 7. The third kappa shape index (κ3) is 11.1. The Morgan fingerprint density at radius 2 is 1.19 bits per heavy atom. The quantitative estimate of drug-likeness (QED) is 0.172. The Bertz CT molecular complexity index is 1230. The predicted octanol–water partition coefficient (Wildman–Crippen LogP) is 2.93. The highest BCUT2D eigenvalue weighted by Gasteiger charge is 2.42. The molecule has 4 fully saturated rings. The highest BCUT2D eigenvalue weighted by molar-refractivity contribution is 5.96. The van der Waals surface area contributed by atoms with Crippen LogP contribution >= 0.6 is 0 Å². The molecule has 0 spiro atoms. The van der Waals surface area contributed by atoms with Crippen molar-refractivity contribution in [1.29, 1.82) is 0 Å². The largest absolute Gasteiger partial charge is 0.391 e. The number of amides is 6. The van der Waals surface area contributed by atoms with Crippen molar-refractivity contribution in [2.75, 3.05) is 19.6 Å². The first-order valence-electron chi connectivity index (χ1n) is 20.4. The van der Waals surface area contributed by atoms with Crippen LogP contribution in [0.3, 0.4) is 0 Å². The topological polar surface area (TPSA) is 177 Å². The number of likely N-dealkylation sites (tertiary alicyclic amines) is 2. The molecule has 294 valence electrons. The maximum atomic E-state index is 14.4. The fraction of sp³-hybridized carbons (Fsp3) is 0.846. The van der Waals surface area contributed by atoms with Gasteiger partial charge in [0.25, 0.3) is 0 Å². The third-order valence-electron chi connectivity index (χ3n) is 11.9. The summed E-state index contributed by atoms with van der Waals surface area (Å²) in [4.78, 5) is 84.4. The Morgan fingerprint density at radius 3 is 1.81 bits per heavy atom. The standard InChI is InChI=1S/C39H66N6O7/c1-5-21-40-37(50)33(27(4)46)43-36(49)31-20-14-23-44(31)38(51)26(3)41-35(48)30-19-12-13-22-45(30)39(52)34(29-17-10-7-11-18-29)42-32(47)24-25(2)28-15-8-6-9-16-28/h25-31,33-34,46H,5-24H2,1-4H3,(H,40,50)(H,41,48)(H,42,47)(H,43,49)/t25-,26-,27+,30-,31-,33-,34-/m0/s1. The van der Waals surface area contributed by atoms with Crippen LogP contribution < -0.4 is 21.3 Å². The lowest BCUT2D eigenvalue weighted by Crippen LogP contribution is -2.61. The third-order valence-corrected chi connectivity index (χ3v) is 11.9. The molecule has 0 unspecified atom stereocenters. The fourth-order valence-corrected chi connectivity index (χ4v) is 8.83. The van der Waals surface area contributed by atoms with Crippen molar-refractivity contribution < 1.29 is 33.9 Å². The van der Waals surface area contributed by atoms with Crippen molar-refractivity contribution in [2.45, 2.75) is 173 Å². The zero-order valence-electron chi connectivity index (χ0n) is 32.1. The number of rotatable bonds is 15. The molecule has 2 saturated heterocycles. The van der Waals surface area contributed by atoms with Crippen LogP contribution in [0.25, 0.3) is 0 Å². The average Bonchev–Trinajstić information content (AvgIpc) is 3.65. The minimum absolute atomic E-state index is 0.0192. The van der Waals surface area contributed by atoms with Crippen molar-refractivity contribution in [2.24, 2.45) is 17.8 Å². The van der Waals surface area contributed by atoms with Crippen molar-refractivity contribution in [1.82, 2.24) is 31.1 Å². The monoisotopic (exact) mass is 730 g/mol. The van der Waals surface area contributed by atoms with Crippen molar-refractivity contribution in [3.05, 3.63) is 0 Å². The Hall–Kier alpha value is -3.22. The Kier molecular flexibility index (Phi) is 16.2. The van der Waals surface area contributed by atoms with Gasteiger partial charge in [-0.25, -0.2) is 0 Å². The van der Waals surface area contributed by atoms with Gasteiger partial charge in [0.1, 0.15) is 30.2 Å². The highest BCUT2D eigenvalue weighted by Crippen LogP contribution is 2.33. The molecule has 6 amide bonds. The van der Waals surface area contributed by atoms with Crippen molar-refractivity contribution in [3.63, 3.8) is 0 Å². The number of piperidine rings is 1. The smallest absolute Gasteiger partial charge is 0.246 e. The lowest BCUT2D eigenvalue weighted by Gasteiger charge is -2.40. The summed E-state index contributed by atoms with van der Waals surface area (Å²) in [7, 11) is 0. The van der Waals surface area contributed by atoms with Crippen LogP contribution in [0.4, 0.5) is 0 Å². The summed E-state index contributed by atoms with van der Waals surface area (Å²) >= 11 is 0. The van der Waals surface area contributed by atoms with Crippen LogP contribution in [0, 0.1) is 17.8 Å². The molecular formula is C39H66N6O7. The SMILES string of the molecule is CCCNC(=O)[C@@H](NC(=O)[C@@H]1CCCN1C(=O)[C@H](C)NC(=O)[C@@H]1CCCCN1C(=O)[C@@H](NC(=O)C[C@H](C)C1CCCCC1)C1CCCCC1)[C@@H](C)O. The van der Waals surface area contributed by atoms with E-state index in [2.05, 4.69) is 28.2 Å². The van der Waals surface area contributed by atoms with Crippen LogP contribution in [-0.2, 0) is 28.8 Å². The minimum Gasteiger partial charge on any atom is -0.391 e. The number of nitrogens with zero attached hydrogens (tertiary/aromatic N) is 2. The van der Waals surface area contributed by atoms with Gasteiger partial charge in [0, 0.05) is 26.1 Å². The molecule has 0 aromatic heterocycles. The molecule has 2 heterocycles. The van der Waals surface area contributed by atoms with Gasteiger partial charge in [0.15, 0.2) is 0 Å². The maximum Gasteiger partial charge on any atom is 0.246 e. The van der Waals surface area contributed by atoms with E-state index in [1.54, 1.807) is 11.8 Å². The summed E-state index contributed by atoms with van der Waals surface area (Å²) in [5.74, 6) is -1.37. The summed E-state index contributed by atoms with van der Waals surface area (Å²) in [6.07, 6.45) is 13.7. The van der Waals surface area contributed by atoms with Crippen LogP contribution in [0.1, 0.15) is 137 Å². The van der Waals surface area contributed by atoms with E-state index < -0.39 is 59.9 Å². The molecule has 7 atom stereocenters. The number of aliphatic hydroxyl groups is 1. The molecule has 2 saturated carbocycles. The number of nitrogens with one attached hydrogen (secondary N) is 4. The van der Waals surface area contributed by atoms with Gasteiger partial charge in [-0.05, 0) is 83.0 Å². The molecule has 0 aromatic rings. The van der Waals surface area contributed by atoms with Gasteiger partial charge in [-0.2, -0.15) is 0 Å². The molecular weight excluding hydrogens is 664 g/mol. The minimum atomic E-state index is -1.16. The molecule has 4 aliphatic rings. The summed E-state index contributed by atoms with van der Waals surface area (Å²) in [6.45, 7) is 8.18. The summed E-state index contributed by atoms with van der Waals surface area (Å²) in [5, 5.41) is 21.5. The second-order valence-electron chi connectivity index (χ2n) is 16.0. The molecule has 0 bridgehead atoms. The molecule has 0 radical (unpaired) electrons. The number of hydrogen-bond donors (Lipinski definition) is 5. The van der Waals surface area contributed by atoms with E-state index in [9.17, 15) is 33.9 Å². The number of aliphatic hydroxyl groups excluding tert-OH is 1. The second kappa shape index (κ2) is 20.3. The first kappa shape index (κ1) is 41.5. The van der Waals surface area contributed by atoms with E-state index in [1.165, 1.54) is 31.1 Å². The van der Waals surface area contributed by atoms with Crippen LogP contribution in [0.15, 0.2) is 0 Å². The molecule has 0 aromatic carbocycles. The van der Waals surface area contributed by atoms with E-state index in [1.807, 2.05) is 6.92 Å². The lowest BCUT2D eigenvalue weighted by atomic mass is 9.79. The van der Waals surface area contributed by atoms with Crippen molar-refractivity contribution in [3.8, 4) is 0 Å². The molecule has 13 nitrogen and oxygen atoms in total. The first-order chi connectivity index (χ1) is 24.9. The average molecular weight is 731 g/mol. The highest BCUT2D eigenvalue weighted by atomic mass is 16.3. The molecule has 2 aliphatic carbocycles. The van der Waals surface area contributed by atoms with Gasteiger partial charge in [0.2, 0.25) is 35.4 Å². The molecule has 5 N–H and O–H groups in total.